The molecule has 4 heteroatoms. The van der Waals surface area contributed by atoms with E-state index in [4.69, 9.17) is 4.74 Å². The summed E-state index contributed by atoms with van der Waals surface area (Å²) in [5.41, 5.74) is 1.09. The van der Waals surface area contributed by atoms with Gasteiger partial charge in [-0.3, -0.25) is 0 Å². The molecule has 100 valence electrons. The highest BCUT2D eigenvalue weighted by atomic mass is 79.9. The number of hydrogen-bond acceptors (Lipinski definition) is 2. The van der Waals surface area contributed by atoms with Gasteiger partial charge < -0.3 is 10.1 Å². The number of halogens is 2. The third kappa shape index (κ3) is 3.77. The van der Waals surface area contributed by atoms with E-state index in [1.165, 1.54) is 18.6 Å². The van der Waals surface area contributed by atoms with Crippen LogP contribution in [-0.2, 0) is 4.74 Å². The molecule has 0 spiro atoms. The van der Waals surface area contributed by atoms with Crippen LogP contribution in [0.1, 0.15) is 31.4 Å². The molecule has 1 saturated heterocycles. The molecule has 1 N–H and O–H groups in total. The van der Waals surface area contributed by atoms with Crippen molar-refractivity contribution in [2.24, 2.45) is 5.92 Å². The van der Waals surface area contributed by atoms with Gasteiger partial charge in [0.1, 0.15) is 5.82 Å². The molecule has 0 saturated carbocycles. The Hall–Kier alpha value is -0.450. The van der Waals surface area contributed by atoms with Crippen LogP contribution in [0.15, 0.2) is 22.7 Å². The maximum absolute atomic E-state index is 13.0. The molecule has 0 aromatic heterocycles. The summed E-state index contributed by atoms with van der Waals surface area (Å²) in [7, 11) is 0. The summed E-state index contributed by atoms with van der Waals surface area (Å²) in [5, 5.41) is 3.50. The van der Waals surface area contributed by atoms with Crippen LogP contribution < -0.4 is 5.32 Å². The zero-order valence-corrected chi connectivity index (χ0v) is 12.2. The lowest BCUT2D eigenvalue weighted by molar-refractivity contribution is 0.0540. The maximum Gasteiger partial charge on any atom is 0.124 e. The average Bonchev–Trinajstić information content (AvgIpc) is 2.37. The van der Waals surface area contributed by atoms with Crippen LogP contribution in [0.4, 0.5) is 4.39 Å². The van der Waals surface area contributed by atoms with Crippen LogP contribution in [0, 0.1) is 11.7 Å². The molecule has 2 unspecified atom stereocenters. The second-order valence-corrected chi connectivity index (χ2v) is 5.73. The lowest BCUT2D eigenvalue weighted by atomic mass is 10.0. The van der Waals surface area contributed by atoms with Gasteiger partial charge in [-0.25, -0.2) is 4.39 Å². The van der Waals surface area contributed by atoms with E-state index in [1.54, 1.807) is 0 Å². The molecule has 1 aromatic rings. The number of hydrogen-bond donors (Lipinski definition) is 1. The number of rotatable bonds is 4. The van der Waals surface area contributed by atoms with Crippen molar-refractivity contribution < 1.29 is 9.13 Å². The van der Waals surface area contributed by atoms with E-state index in [0.717, 1.165) is 36.2 Å². The highest BCUT2D eigenvalue weighted by molar-refractivity contribution is 9.10. The number of nitrogens with one attached hydrogen (secondary N) is 1. The van der Waals surface area contributed by atoms with E-state index >= 15 is 0 Å². The standard InChI is InChI=1S/C14H19BrFNO/c1-10(13-5-4-12(16)7-14(13)15)17-8-11-3-2-6-18-9-11/h4-5,7,10-11,17H,2-3,6,8-9H2,1H3. The monoisotopic (exact) mass is 315 g/mol. The lowest BCUT2D eigenvalue weighted by Gasteiger charge is -2.24. The van der Waals surface area contributed by atoms with Crippen LogP contribution >= 0.6 is 15.9 Å². The summed E-state index contributed by atoms with van der Waals surface area (Å²) in [6.45, 7) is 4.80. The van der Waals surface area contributed by atoms with Gasteiger partial charge in [-0.15, -0.1) is 0 Å². The zero-order valence-electron chi connectivity index (χ0n) is 10.6. The van der Waals surface area contributed by atoms with Gasteiger partial charge in [0, 0.05) is 23.7 Å². The van der Waals surface area contributed by atoms with Crippen LogP contribution in [0.3, 0.4) is 0 Å². The van der Waals surface area contributed by atoms with Crippen molar-refractivity contribution in [1.29, 1.82) is 0 Å². The van der Waals surface area contributed by atoms with E-state index in [0.29, 0.717) is 5.92 Å². The van der Waals surface area contributed by atoms with Gasteiger partial charge in [0.15, 0.2) is 0 Å². The Morgan fingerprint density at radius 3 is 3.06 bits per heavy atom. The summed E-state index contributed by atoms with van der Waals surface area (Å²) in [6, 6.07) is 5.05. The SMILES string of the molecule is CC(NCC1CCCOC1)c1ccc(F)cc1Br. The molecule has 1 fully saturated rings. The van der Waals surface area contributed by atoms with Crippen LogP contribution in [0.2, 0.25) is 0 Å². The summed E-state index contributed by atoms with van der Waals surface area (Å²) in [6.07, 6.45) is 2.38. The fourth-order valence-electron chi connectivity index (χ4n) is 2.27. The first kappa shape index (κ1) is 14.0. The second kappa shape index (κ2) is 6.64. The number of benzene rings is 1. The zero-order chi connectivity index (χ0) is 13.0. The Bertz CT molecular complexity index is 393. The maximum atomic E-state index is 13.0. The summed E-state index contributed by atoms with van der Waals surface area (Å²) in [4.78, 5) is 0. The van der Waals surface area contributed by atoms with Crippen molar-refractivity contribution in [3.63, 3.8) is 0 Å². The fraction of sp³-hybridized carbons (Fsp3) is 0.571. The van der Waals surface area contributed by atoms with E-state index < -0.39 is 0 Å². The molecule has 2 rings (SSSR count). The van der Waals surface area contributed by atoms with E-state index in [2.05, 4.69) is 28.2 Å². The summed E-state index contributed by atoms with van der Waals surface area (Å²) < 4.78 is 19.3. The van der Waals surface area contributed by atoms with Crippen molar-refractivity contribution >= 4 is 15.9 Å². The van der Waals surface area contributed by atoms with Crippen molar-refractivity contribution in [2.75, 3.05) is 19.8 Å². The predicted molar refractivity (Wildman–Crippen MR) is 74.1 cm³/mol. The molecule has 0 amide bonds. The largest absolute Gasteiger partial charge is 0.381 e. The Labute approximate surface area is 116 Å². The molecule has 2 nitrogen and oxygen atoms in total. The van der Waals surface area contributed by atoms with Crippen molar-refractivity contribution in [3.05, 3.63) is 34.1 Å². The predicted octanol–water partition coefficient (Wildman–Crippen LogP) is 3.67. The highest BCUT2D eigenvalue weighted by Crippen LogP contribution is 2.24. The van der Waals surface area contributed by atoms with Gasteiger partial charge in [-0.05, 0) is 43.4 Å². The van der Waals surface area contributed by atoms with Gasteiger partial charge in [-0.1, -0.05) is 22.0 Å². The molecule has 1 aliphatic rings. The van der Waals surface area contributed by atoms with Gasteiger partial charge >= 0.3 is 0 Å². The third-order valence-corrected chi connectivity index (χ3v) is 4.08. The number of ether oxygens (including phenoxy) is 1. The highest BCUT2D eigenvalue weighted by Gasteiger charge is 2.16. The van der Waals surface area contributed by atoms with E-state index in [9.17, 15) is 4.39 Å². The Kier molecular flexibility index (Phi) is 5.15. The minimum atomic E-state index is -0.210. The molecular weight excluding hydrogens is 297 g/mol. The van der Waals surface area contributed by atoms with Gasteiger partial charge in [0.25, 0.3) is 0 Å². The lowest BCUT2D eigenvalue weighted by Crippen LogP contribution is -2.31. The Balaban J connectivity index is 1.88. The van der Waals surface area contributed by atoms with Gasteiger partial charge in [0.2, 0.25) is 0 Å². The first-order valence-electron chi connectivity index (χ1n) is 6.43. The van der Waals surface area contributed by atoms with Gasteiger partial charge in [-0.2, -0.15) is 0 Å². The van der Waals surface area contributed by atoms with E-state index in [1.807, 2.05) is 6.07 Å². The first-order valence-corrected chi connectivity index (χ1v) is 7.22. The summed E-state index contributed by atoms with van der Waals surface area (Å²) in [5.74, 6) is 0.388. The quantitative estimate of drug-likeness (QED) is 0.915. The van der Waals surface area contributed by atoms with Crippen LogP contribution in [-0.4, -0.2) is 19.8 Å². The smallest absolute Gasteiger partial charge is 0.124 e. The van der Waals surface area contributed by atoms with Crippen LogP contribution in [0.25, 0.3) is 0 Å². The second-order valence-electron chi connectivity index (χ2n) is 4.88. The minimum absolute atomic E-state index is 0.210. The van der Waals surface area contributed by atoms with Gasteiger partial charge in [0.05, 0.1) is 6.61 Å². The van der Waals surface area contributed by atoms with E-state index in [-0.39, 0.29) is 11.9 Å². The van der Waals surface area contributed by atoms with Crippen molar-refractivity contribution in [1.82, 2.24) is 5.32 Å². The third-order valence-electron chi connectivity index (χ3n) is 3.40. The summed E-state index contributed by atoms with van der Waals surface area (Å²) >= 11 is 3.41. The molecule has 1 heterocycles. The molecule has 1 aliphatic heterocycles. The fourth-order valence-corrected chi connectivity index (χ4v) is 2.97. The molecule has 0 aliphatic carbocycles. The van der Waals surface area contributed by atoms with Crippen LogP contribution in [0.5, 0.6) is 0 Å². The normalized spacial score (nSPS) is 21.8. The minimum Gasteiger partial charge on any atom is -0.381 e. The molecular formula is C14H19BrFNO. The van der Waals surface area contributed by atoms with Crippen molar-refractivity contribution in [2.45, 2.75) is 25.8 Å². The molecule has 18 heavy (non-hydrogen) atoms. The molecule has 2 atom stereocenters. The molecule has 0 radical (unpaired) electrons. The molecule has 1 aromatic carbocycles. The Morgan fingerprint density at radius 1 is 1.56 bits per heavy atom. The Morgan fingerprint density at radius 2 is 2.39 bits per heavy atom. The average molecular weight is 316 g/mol. The topological polar surface area (TPSA) is 21.3 Å². The molecule has 0 bridgehead atoms. The van der Waals surface area contributed by atoms with Crippen molar-refractivity contribution in [3.8, 4) is 0 Å². The first-order chi connectivity index (χ1) is 8.66.